The summed E-state index contributed by atoms with van der Waals surface area (Å²) in [5.74, 6) is 1.60. The fourth-order valence-corrected chi connectivity index (χ4v) is 2.11. The van der Waals surface area contributed by atoms with Crippen LogP contribution in [-0.2, 0) is 0 Å². The summed E-state index contributed by atoms with van der Waals surface area (Å²) in [5.41, 5.74) is 6.11. The molecule has 0 aliphatic carbocycles. The molecule has 1 saturated heterocycles. The van der Waals surface area contributed by atoms with E-state index in [9.17, 15) is 0 Å². The van der Waals surface area contributed by atoms with E-state index in [-0.39, 0.29) is 0 Å². The van der Waals surface area contributed by atoms with Crippen LogP contribution in [0.5, 0.6) is 0 Å². The van der Waals surface area contributed by atoms with Gasteiger partial charge in [0.05, 0.1) is 0 Å². The molecular formula is C11H24N2. The van der Waals surface area contributed by atoms with E-state index in [1.165, 1.54) is 25.8 Å². The summed E-state index contributed by atoms with van der Waals surface area (Å²) in [6.07, 6.45) is 3.96. The van der Waals surface area contributed by atoms with E-state index in [0.29, 0.717) is 6.04 Å². The minimum atomic E-state index is 0.414. The van der Waals surface area contributed by atoms with Crippen molar-refractivity contribution in [3.63, 3.8) is 0 Å². The molecule has 2 N–H and O–H groups in total. The Morgan fingerprint density at radius 1 is 1.46 bits per heavy atom. The predicted octanol–water partition coefficient (Wildman–Crippen LogP) is 1.70. The summed E-state index contributed by atoms with van der Waals surface area (Å²) in [5, 5.41) is 0. The first-order valence-electron chi connectivity index (χ1n) is 5.53. The van der Waals surface area contributed by atoms with Crippen molar-refractivity contribution in [1.29, 1.82) is 0 Å². The van der Waals surface area contributed by atoms with Crippen molar-refractivity contribution in [3.05, 3.63) is 0 Å². The monoisotopic (exact) mass is 184 g/mol. The van der Waals surface area contributed by atoms with Gasteiger partial charge in [-0.25, -0.2) is 0 Å². The van der Waals surface area contributed by atoms with Crippen LogP contribution in [0.25, 0.3) is 0 Å². The van der Waals surface area contributed by atoms with Crippen LogP contribution >= 0.6 is 0 Å². The number of likely N-dealkylation sites (N-methyl/N-ethyl adjacent to an activating group) is 1. The molecule has 0 bridgehead atoms. The highest BCUT2D eigenvalue weighted by Gasteiger charge is 2.24. The molecule has 1 fully saturated rings. The number of likely N-dealkylation sites (tertiary alicyclic amines) is 1. The molecule has 0 amide bonds. The van der Waals surface area contributed by atoms with Crippen LogP contribution in [-0.4, -0.2) is 31.1 Å². The van der Waals surface area contributed by atoms with Crippen LogP contribution < -0.4 is 5.73 Å². The SMILES string of the molecule is CC(C)CCC1CCN(C)CC1N. The second kappa shape index (κ2) is 4.97. The van der Waals surface area contributed by atoms with Crippen molar-refractivity contribution in [2.24, 2.45) is 17.6 Å². The Labute approximate surface area is 82.5 Å². The molecule has 2 heteroatoms. The van der Waals surface area contributed by atoms with Crippen molar-refractivity contribution < 1.29 is 0 Å². The Morgan fingerprint density at radius 3 is 2.69 bits per heavy atom. The molecule has 1 rings (SSSR count). The summed E-state index contributed by atoms with van der Waals surface area (Å²) in [4.78, 5) is 2.34. The summed E-state index contributed by atoms with van der Waals surface area (Å²) in [6.45, 7) is 6.90. The minimum Gasteiger partial charge on any atom is -0.326 e. The molecule has 1 aliphatic rings. The highest BCUT2D eigenvalue weighted by Crippen LogP contribution is 2.22. The molecule has 2 unspecified atom stereocenters. The van der Waals surface area contributed by atoms with Crippen LogP contribution in [0.2, 0.25) is 0 Å². The van der Waals surface area contributed by atoms with Crippen LogP contribution in [0.1, 0.15) is 33.1 Å². The first-order valence-corrected chi connectivity index (χ1v) is 5.53. The van der Waals surface area contributed by atoms with Gasteiger partial charge in [-0.05, 0) is 38.3 Å². The van der Waals surface area contributed by atoms with Crippen LogP contribution in [0.4, 0.5) is 0 Å². The number of nitrogens with zero attached hydrogens (tertiary/aromatic N) is 1. The van der Waals surface area contributed by atoms with E-state index in [4.69, 9.17) is 5.73 Å². The second-order valence-corrected chi connectivity index (χ2v) is 4.95. The lowest BCUT2D eigenvalue weighted by Crippen LogP contribution is -2.46. The van der Waals surface area contributed by atoms with Gasteiger partial charge in [-0.1, -0.05) is 20.3 Å². The number of nitrogens with two attached hydrogens (primary N) is 1. The van der Waals surface area contributed by atoms with E-state index >= 15 is 0 Å². The van der Waals surface area contributed by atoms with Gasteiger partial charge in [-0.2, -0.15) is 0 Å². The van der Waals surface area contributed by atoms with Gasteiger partial charge in [-0.3, -0.25) is 0 Å². The molecule has 0 aromatic carbocycles. The van der Waals surface area contributed by atoms with Crippen molar-refractivity contribution in [3.8, 4) is 0 Å². The maximum Gasteiger partial charge on any atom is 0.0196 e. The fourth-order valence-electron chi connectivity index (χ4n) is 2.11. The van der Waals surface area contributed by atoms with E-state index in [2.05, 4.69) is 25.8 Å². The van der Waals surface area contributed by atoms with Crippen molar-refractivity contribution in [2.45, 2.75) is 39.2 Å². The van der Waals surface area contributed by atoms with Crippen LogP contribution in [0.3, 0.4) is 0 Å². The molecule has 0 aromatic heterocycles. The smallest absolute Gasteiger partial charge is 0.0196 e. The number of piperidine rings is 1. The maximum atomic E-state index is 6.11. The number of rotatable bonds is 3. The lowest BCUT2D eigenvalue weighted by Gasteiger charge is -2.34. The van der Waals surface area contributed by atoms with Gasteiger partial charge in [0.2, 0.25) is 0 Å². The van der Waals surface area contributed by atoms with Crippen LogP contribution in [0.15, 0.2) is 0 Å². The van der Waals surface area contributed by atoms with E-state index in [0.717, 1.165) is 18.4 Å². The zero-order valence-corrected chi connectivity index (χ0v) is 9.29. The van der Waals surface area contributed by atoms with Gasteiger partial charge in [0, 0.05) is 12.6 Å². The average Bonchev–Trinajstić information content (AvgIpc) is 2.02. The Balaban J connectivity index is 2.25. The third kappa shape index (κ3) is 3.65. The number of hydrogen-bond acceptors (Lipinski definition) is 2. The minimum absolute atomic E-state index is 0.414. The number of hydrogen-bond donors (Lipinski definition) is 1. The molecule has 0 saturated carbocycles. The highest BCUT2D eigenvalue weighted by molar-refractivity contribution is 4.81. The maximum absolute atomic E-state index is 6.11. The average molecular weight is 184 g/mol. The first kappa shape index (κ1) is 11.0. The second-order valence-electron chi connectivity index (χ2n) is 4.95. The molecular weight excluding hydrogens is 160 g/mol. The third-order valence-electron chi connectivity index (χ3n) is 3.12. The van der Waals surface area contributed by atoms with Crippen molar-refractivity contribution in [1.82, 2.24) is 4.90 Å². The zero-order chi connectivity index (χ0) is 9.84. The van der Waals surface area contributed by atoms with Crippen molar-refractivity contribution >= 4 is 0 Å². The normalized spacial score (nSPS) is 31.2. The summed E-state index contributed by atoms with van der Waals surface area (Å²) in [6, 6.07) is 0.414. The van der Waals surface area contributed by atoms with Gasteiger partial charge in [0.1, 0.15) is 0 Å². The van der Waals surface area contributed by atoms with E-state index in [1.54, 1.807) is 0 Å². The molecule has 78 valence electrons. The third-order valence-corrected chi connectivity index (χ3v) is 3.12. The highest BCUT2D eigenvalue weighted by atomic mass is 15.1. The molecule has 1 aliphatic heterocycles. The largest absolute Gasteiger partial charge is 0.326 e. The van der Waals surface area contributed by atoms with Gasteiger partial charge in [0.15, 0.2) is 0 Å². The lowest BCUT2D eigenvalue weighted by molar-refractivity contribution is 0.178. The van der Waals surface area contributed by atoms with Crippen LogP contribution in [0, 0.1) is 11.8 Å². The Morgan fingerprint density at radius 2 is 2.15 bits per heavy atom. The molecule has 13 heavy (non-hydrogen) atoms. The van der Waals surface area contributed by atoms with Gasteiger partial charge < -0.3 is 10.6 Å². The molecule has 2 nitrogen and oxygen atoms in total. The van der Waals surface area contributed by atoms with Gasteiger partial charge in [0.25, 0.3) is 0 Å². The topological polar surface area (TPSA) is 29.3 Å². The fraction of sp³-hybridized carbons (Fsp3) is 1.00. The lowest BCUT2D eigenvalue weighted by atomic mass is 9.86. The van der Waals surface area contributed by atoms with E-state index < -0.39 is 0 Å². The summed E-state index contributed by atoms with van der Waals surface area (Å²) in [7, 11) is 2.17. The Kier molecular flexibility index (Phi) is 4.20. The quantitative estimate of drug-likeness (QED) is 0.723. The molecule has 2 atom stereocenters. The van der Waals surface area contributed by atoms with Crippen molar-refractivity contribution in [2.75, 3.05) is 20.1 Å². The standard InChI is InChI=1S/C11H24N2/c1-9(2)4-5-10-6-7-13(3)8-11(10)12/h9-11H,4-8,12H2,1-3H3. The van der Waals surface area contributed by atoms with E-state index in [1.807, 2.05) is 0 Å². The predicted molar refractivity (Wildman–Crippen MR) is 57.7 cm³/mol. The van der Waals surface area contributed by atoms with Gasteiger partial charge in [-0.15, -0.1) is 0 Å². The molecule has 0 radical (unpaired) electrons. The first-order chi connectivity index (χ1) is 6.09. The summed E-state index contributed by atoms with van der Waals surface area (Å²) < 4.78 is 0. The summed E-state index contributed by atoms with van der Waals surface area (Å²) >= 11 is 0. The molecule has 0 aromatic rings. The Hall–Kier alpha value is -0.0800. The molecule has 1 heterocycles. The molecule has 0 spiro atoms. The Bertz CT molecular complexity index is 145. The zero-order valence-electron chi connectivity index (χ0n) is 9.29. The van der Waals surface area contributed by atoms with Gasteiger partial charge >= 0.3 is 0 Å².